The molecule has 0 aliphatic rings. The summed E-state index contributed by atoms with van der Waals surface area (Å²) in [6.07, 6.45) is 1.57. The number of rotatable bonds is 3. The highest BCUT2D eigenvalue weighted by atomic mass is 19.1. The summed E-state index contributed by atoms with van der Waals surface area (Å²) in [4.78, 5) is 21.7. The topological polar surface area (TPSA) is 42.9 Å². The van der Waals surface area contributed by atoms with Crippen LogP contribution in [0.3, 0.4) is 0 Å². The molecule has 2 aromatic carbocycles. The van der Waals surface area contributed by atoms with Gasteiger partial charge in [0.1, 0.15) is 11.5 Å². The van der Waals surface area contributed by atoms with Gasteiger partial charge in [0.2, 0.25) is 5.78 Å². The van der Waals surface area contributed by atoms with Gasteiger partial charge in [0.05, 0.1) is 11.2 Å². The maximum Gasteiger partial charge on any atom is 0.212 e. The Morgan fingerprint density at radius 1 is 0.962 bits per heavy atom. The fraction of sp³-hybridized carbons (Fsp3) is 0.0455. The van der Waals surface area contributed by atoms with E-state index in [1.54, 1.807) is 36.5 Å². The van der Waals surface area contributed by atoms with Crippen LogP contribution >= 0.6 is 0 Å². The lowest BCUT2D eigenvalue weighted by atomic mass is 9.99. The molecule has 4 aromatic rings. The van der Waals surface area contributed by atoms with E-state index in [0.29, 0.717) is 27.9 Å². The molecule has 0 amide bonds. The Hall–Kier alpha value is -3.40. The highest BCUT2D eigenvalue weighted by Gasteiger charge is 2.17. The van der Waals surface area contributed by atoms with Crippen LogP contribution in [0.5, 0.6) is 0 Å². The second-order valence-corrected chi connectivity index (χ2v) is 6.13. The quantitative estimate of drug-likeness (QED) is 0.493. The summed E-state index contributed by atoms with van der Waals surface area (Å²) < 4.78 is 13.8. The van der Waals surface area contributed by atoms with Crippen molar-refractivity contribution < 1.29 is 9.18 Å². The molecule has 2 heterocycles. The lowest BCUT2D eigenvalue weighted by Crippen LogP contribution is -2.06. The minimum absolute atomic E-state index is 0.253. The Kier molecular flexibility index (Phi) is 4.01. The van der Waals surface area contributed by atoms with E-state index in [4.69, 9.17) is 0 Å². The highest BCUT2D eigenvalue weighted by Crippen LogP contribution is 2.27. The van der Waals surface area contributed by atoms with Crippen molar-refractivity contribution in [2.24, 2.45) is 0 Å². The monoisotopic (exact) mass is 342 g/mol. The molecule has 0 atom stereocenters. The molecule has 0 saturated heterocycles. The largest absolute Gasteiger partial charge is 0.287 e. The smallest absolute Gasteiger partial charge is 0.212 e. The van der Waals surface area contributed by atoms with Crippen molar-refractivity contribution in [3.05, 3.63) is 95.6 Å². The minimum Gasteiger partial charge on any atom is -0.287 e. The predicted octanol–water partition coefficient (Wildman–Crippen LogP) is 4.98. The number of carbonyl (C=O) groups is 1. The zero-order valence-corrected chi connectivity index (χ0v) is 14.1. The molecule has 0 spiro atoms. The first-order chi connectivity index (χ1) is 12.6. The Morgan fingerprint density at radius 2 is 1.77 bits per heavy atom. The van der Waals surface area contributed by atoms with Gasteiger partial charge in [-0.3, -0.25) is 9.78 Å². The summed E-state index contributed by atoms with van der Waals surface area (Å²) in [6.45, 7) is 2.01. The first kappa shape index (κ1) is 16.1. The van der Waals surface area contributed by atoms with Gasteiger partial charge < -0.3 is 0 Å². The van der Waals surface area contributed by atoms with Crippen molar-refractivity contribution in [3.8, 4) is 11.3 Å². The van der Waals surface area contributed by atoms with Gasteiger partial charge >= 0.3 is 0 Å². The molecule has 0 saturated carbocycles. The molecule has 0 unspecified atom stereocenters. The second-order valence-electron chi connectivity index (χ2n) is 6.13. The molecule has 4 heteroatoms. The van der Waals surface area contributed by atoms with E-state index in [1.807, 2.05) is 31.2 Å². The molecular formula is C22H15FN2O. The van der Waals surface area contributed by atoms with Crippen molar-refractivity contribution >= 4 is 16.7 Å². The van der Waals surface area contributed by atoms with Gasteiger partial charge in [-0.15, -0.1) is 0 Å². The number of hydrogen-bond donors (Lipinski definition) is 0. The van der Waals surface area contributed by atoms with E-state index >= 15 is 0 Å². The van der Waals surface area contributed by atoms with Gasteiger partial charge in [0.15, 0.2) is 0 Å². The number of aryl methyl sites for hydroxylation is 1. The van der Waals surface area contributed by atoms with Crippen LogP contribution in [0.2, 0.25) is 0 Å². The molecule has 3 nitrogen and oxygen atoms in total. The van der Waals surface area contributed by atoms with Crippen LogP contribution < -0.4 is 0 Å². The third kappa shape index (κ3) is 2.97. The van der Waals surface area contributed by atoms with E-state index in [1.165, 1.54) is 12.1 Å². The summed E-state index contributed by atoms with van der Waals surface area (Å²) in [7, 11) is 0. The predicted molar refractivity (Wildman–Crippen MR) is 99.5 cm³/mol. The molecule has 0 N–H and O–H groups in total. The molecule has 0 radical (unpaired) electrons. The average Bonchev–Trinajstić information content (AvgIpc) is 2.68. The number of carbonyl (C=O) groups excluding carboxylic acids is 1. The van der Waals surface area contributed by atoms with E-state index in [9.17, 15) is 9.18 Å². The van der Waals surface area contributed by atoms with Crippen molar-refractivity contribution in [1.29, 1.82) is 0 Å². The van der Waals surface area contributed by atoms with Crippen LogP contribution in [-0.2, 0) is 0 Å². The molecular weight excluding hydrogens is 327 g/mol. The fourth-order valence-corrected chi connectivity index (χ4v) is 2.89. The van der Waals surface area contributed by atoms with Crippen LogP contribution in [0.15, 0.2) is 72.9 Å². The normalized spacial score (nSPS) is 10.8. The van der Waals surface area contributed by atoms with E-state index in [0.717, 1.165) is 11.1 Å². The summed E-state index contributed by atoms with van der Waals surface area (Å²) in [6, 6.07) is 19.1. The summed E-state index contributed by atoms with van der Waals surface area (Å²) >= 11 is 0. The number of halogens is 1. The second kappa shape index (κ2) is 6.48. The van der Waals surface area contributed by atoms with Crippen LogP contribution in [0.1, 0.15) is 21.6 Å². The third-order valence-electron chi connectivity index (χ3n) is 4.26. The molecule has 2 aromatic heterocycles. The Labute approximate surface area is 150 Å². The molecule has 26 heavy (non-hydrogen) atoms. The third-order valence-corrected chi connectivity index (χ3v) is 4.26. The van der Waals surface area contributed by atoms with E-state index < -0.39 is 5.82 Å². The molecule has 0 bridgehead atoms. The van der Waals surface area contributed by atoms with Crippen molar-refractivity contribution in [2.45, 2.75) is 6.92 Å². The zero-order valence-electron chi connectivity index (χ0n) is 14.1. The summed E-state index contributed by atoms with van der Waals surface area (Å²) in [5.74, 6) is -0.658. The number of aromatic nitrogens is 2. The number of ketones is 1. The number of hydrogen-bond acceptors (Lipinski definition) is 3. The highest BCUT2D eigenvalue weighted by molar-refractivity contribution is 6.15. The Balaban J connectivity index is 1.95. The van der Waals surface area contributed by atoms with Gasteiger partial charge in [-0.05, 0) is 43.3 Å². The van der Waals surface area contributed by atoms with Crippen LogP contribution in [0.4, 0.5) is 4.39 Å². The SMILES string of the molecule is Cc1ccc(-c2cc(C(=O)c3ccccn3)c3cc(F)ccc3n2)cc1. The molecule has 0 fully saturated rings. The Bertz CT molecular complexity index is 1110. The summed E-state index contributed by atoms with van der Waals surface area (Å²) in [5, 5.41) is 0.483. The number of pyridine rings is 2. The molecule has 0 aliphatic carbocycles. The molecule has 4 rings (SSSR count). The van der Waals surface area contributed by atoms with Crippen molar-refractivity contribution in [2.75, 3.05) is 0 Å². The minimum atomic E-state index is -0.405. The average molecular weight is 342 g/mol. The molecule has 126 valence electrons. The number of benzene rings is 2. The van der Waals surface area contributed by atoms with Gasteiger partial charge in [-0.25, -0.2) is 9.37 Å². The zero-order chi connectivity index (χ0) is 18.1. The molecule has 0 aliphatic heterocycles. The Morgan fingerprint density at radius 3 is 2.50 bits per heavy atom. The standard InChI is InChI=1S/C22H15FN2O/c1-14-5-7-15(8-6-14)21-13-18(22(26)20-4-2-3-11-24-20)17-12-16(23)9-10-19(17)25-21/h2-13H,1H3. The lowest BCUT2D eigenvalue weighted by molar-refractivity contribution is 0.103. The first-order valence-electron chi connectivity index (χ1n) is 8.25. The first-order valence-corrected chi connectivity index (χ1v) is 8.25. The number of nitrogens with zero attached hydrogens (tertiary/aromatic N) is 2. The maximum atomic E-state index is 13.8. The van der Waals surface area contributed by atoms with Gasteiger partial charge in [0.25, 0.3) is 0 Å². The lowest BCUT2D eigenvalue weighted by Gasteiger charge is -2.10. The van der Waals surface area contributed by atoms with Crippen molar-refractivity contribution in [1.82, 2.24) is 9.97 Å². The van der Waals surface area contributed by atoms with Gasteiger partial charge in [-0.2, -0.15) is 0 Å². The summed E-state index contributed by atoms with van der Waals surface area (Å²) in [5.41, 5.74) is 3.99. The number of fused-ring (bicyclic) bond motifs is 1. The van der Waals surface area contributed by atoms with Gasteiger partial charge in [0, 0.05) is 22.7 Å². The van der Waals surface area contributed by atoms with Crippen LogP contribution in [0.25, 0.3) is 22.2 Å². The van der Waals surface area contributed by atoms with Crippen LogP contribution in [-0.4, -0.2) is 15.8 Å². The fourth-order valence-electron chi connectivity index (χ4n) is 2.89. The van der Waals surface area contributed by atoms with E-state index in [2.05, 4.69) is 9.97 Å². The van der Waals surface area contributed by atoms with Crippen LogP contribution in [0, 0.1) is 12.7 Å². The van der Waals surface area contributed by atoms with Gasteiger partial charge in [-0.1, -0.05) is 35.9 Å². The van der Waals surface area contributed by atoms with E-state index in [-0.39, 0.29) is 5.78 Å². The van der Waals surface area contributed by atoms with Crippen molar-refractivity contribution in [3.63, 3.8) is 0 Å². The maximum absolute atomic E-state index is 13.8.